The van der Waals surface area contributed by atoms with Crippen LogP contribution in [-0.2, 0) is 28.8 Å². The molecule has 0 aromatic carbocycles. The van der Waals surface area contributed by atoms with Gasteiger partial charge in [0.05, 0.1) is 12.5 Å². The summed E-state index contributed by atoms with van der Waals surface area (Å²) in [6.07, 6.45) is 1.82. The average Bonchev–Trinajstić information content (AvgIpc) is 3.22. The molecular weight excluding hydrogens is 389 g/mol. The lowest BCUT2D eigenvalue weighted by atomic mass is 10.4. The first-order valence-corrected chi connectivity index (χ1v) is 10.1. The quantitative estimate of drug-likeness (QED) is 0.284. The summed E-state index contributed by atoms with van der Waals surface area (Å²) >= 11 is 0. The number of hydroxylamine groups is 2. The van der Waals surface area contributed by atoms with E-state index >= 15 is 0 Å². The minimum Gasteiger partial charge on any atom is -0.355 e. The number of carbonyl (C=O) groups excluding carboxylic acids is 5. The van der Waals surface area contributed by atoms with Gasteiger partial charge in [-0.3, -0.25) is 24.1 Å². The SMILES string of the molecule is C[13CH](C)[13CH2][15N]1CCC[13CH]1C(=O)N[13CH2][13CH2][13C](=O)[15NH]CC[13C](=O)ON1C(=O)CCC1=O. The Morgan fingerprint density at radius 2 is 1.72 bits per heavy atom. The van der Waals surface area contributed by atoms with E-state index in [-0.39, 0.29) is 56.6 Å². The third-order valence-electron chi connectivity index (χ3n) is 4.77. The van der Waals surface area contributed by atoms with Gasteiger partial charge in [-0.2, -0.15) is 0 Å². The summed E-state index contributed by atoms with van der Waals surface area (Å²) in [5, 5.41) is 5.83. The van der Waals surface area contributed by atoms with Crippen LogP contribution in [0.15, 0.2) is 0 Å². The molecule has 29 heavy (non-hydrogen) atoms. The second kappa shape index (κ2) is 10.9. The summed E-state index contributed by atoms with van der Waals surface area (Å²) in [5.41, 5.74) is 0. The fraction of sp³-hybridized carbons (Fsp3) is 0.737. The van der Waals surface area contributed by atoms with Crippen LogP contribution in [0.1, 0.15) is 52.4 Å². The lowest BCUT2D eigenvalue weighted by molar-refractivity contribution is -0.197. The summed E-state index contributed by atoms with van der Waals surface area (Å²) < 4.78 is 0. The molecule has 0 aliphatic carbocycles. The van der Waals surface area contributed by atoms with Crippen molar-refractivity contribution in [2.75, 3.05) is 26.2 Å². The van der Waals surface area contributed by atoms with Gasteiger partial charge in [-0.05, 0) is 25.3 Å². The van der Waals surface area contributed by atoms with Crippen LogP contribution in [0.4, 0.5) is 0 Å². The van der Waals surface area contributed by atoms with E-state index in [1.54, 1.807) is 0 Å². The Balaban J connectivity index is 1.58. The van der Waals surface area contributed by atoms with Gasteiger partial charge >= 0.3 is 5.97 Å². The van der Waals surface area contributed by atoms with Gasteiger partial charge < -0.3 is 15.5 Å². The summed E-state index contributed by atoms with van der Waals surface area (Å²) in [6.45, 7) is 6.28. The molecule has 2 saturated heterocycles. The van der Waals surface area contributed by atoms with Gasteiger partial charge in [0, 0.05) is 38.9 Å². The van der Waals surface area contributed by atoms with Crippen molar-refractivity contribution in [2.24, 2.45) is 5.92 Å². The molecule has 0 spiro atoms. The molecule has 2 aliphatic rings. The highest BCUT2D eigenvalue weighted by Crippen LogP contribution is 2.18. The van der Waals surface area contributed by atoms with Crippen molar-refractivity contribution in [1.29, 1.82) is 0 Å². The molecule has 2 N–H and O–H groups in total. The smallest absolute Gasteiger partial charge is 0.334 e. The van der Waals surface area contributed by atoms with Crippen LogP contribution in [0.25, 0.3) is 0 Å². The second-order valence-corrected chi connectivity index (χ2v) is 7.73. The number of amides is 4. The van der Waals surface area contributed by atoms with E-state index < -0.39 is 17.8 Å². The van der Waals surface area contributed by atoms with Gasteiger partial charge in [-0.25, -0.2) is 4.79 Å². The monoisotopic (exact) mass is 419 g/mol. The van der Waals surface area contributed by atoms with E-state index in [1.807, 2.05) is 0 Å². The van der Waals surface area contributed by atoms with E-state index in [0.29, 0.717) is 11.0 Å². The lowest BCUT2D eigenvalue weighted by Gasteiger charge is -2.25. The topological polar surface area (TPSA) is 125 Å². The van der Waals surface area contributed by atoms with Crippen molar-refractivity contribution in [2.45, 2.75) is 58.4 Å². The average molecular weight is 419 g/mol. The third kappa shape index (κ3) is 7.12. The normalized spacial score (nSPS) is 19.7. The first-order chi connectivity index (χ1) is 13.8. The molecular formula is C19H30N4O6. The molecule has 10 heteroatoms. The number of nitrogens with zero attached hydrogens (tertiary/aromatic N) is 2. The maximum Gasteiger partial charge on any atom is 0.334 e. The standard InChI is InChI=1S/C19H30N4O6/c1-13(2)12-22-11-3-4-14(22)19(28)21-9-7-15(24)20-10-8-18(27)29-23-16(25)5-6-17(23)26/h13-14H,3-12H2,1-2H3,(H,20,24)(H,21,28)/i7+1,9+1,12+1,13+1,14+1,15+1,18+1,20+1,22+1. The predicted molar refractivity (Wildman–Crippen MR) is 102 cm³/mol. The zero-order valence-corrected chi connectivity index (χ0v) is 17.1. The van der Waals surface area contributed by atoms with Crippen molar-refractivity contribution in [3.63, 3.8) is 0 Å². The first kappa shape index (κ1) is 22.8. The van der Waals surface area contributed by atoms with Gasteiger partial charge in [0.15, 0.2) is 0 Å². The Hall–Kier alpha value is -2.49. The summed E-state index contributed by atoms with van der Waals surface area (Å²) in [6, 6.07) is -0.133. The second-order valence-electron chi connectivity index (χ2n) is 7.73. The summed E-state index contributed by atoms with van der Waals surface area (Å²) in [4.78, 5) is 65.4. The zero-order valence-electron chi connectivity index (χ0n) is 17.1. The van der Waals surface area contributed by atoms with Gasteiger partial charge in [0.2, 0.25) is 11.8 Å². The zero-order chi connectivity index (χ0) is 21.4. The molecule has 1 atom stereocenters. The summed E-state index contributed by atoms with van der Waals surface area (Å²) in [5.74, 6) is -1.73. The Morgan fingerprint density at radius 3 is 2.38 bits per heavy atom. The maximum atomic E-state index is 12.3. The minimum atomic E-state index is -0.770. The van der Waals surface area contributed by atoms with Crippen molar-refractivity contribution in [1.82, 2.24) is 20.6 Å². The molecule has 1 unspecified atom stereocenters. The number of hydrogen-bond donors (Lipinski definition) is 2. The number of likely N-dealkylation sites (tertiary alicyclic amines) is 1. The molecule has 4 amide bonds. The molecule has 10 nitrogen and oxygen atoms in total. The highest BCUT2D eigenvalue weighted by Gasteiger charge is 2.33. The van der Waals surface area contributed by atoms with Crippen LogP contribution < -0.4 is 10.6 Å². The number of rotatable bonds is 10. The molecule has 2 heterocycles. The van der Waals surface area contributed by atoms with Crippen molar-refractivity contribution < 1.29 is 28.8 Å². The Bertz CT molecular complexity index is 635. The van der Waals surface area contributed by atoms with Crippen molar-refractivity contribution in [3.8, 4) is 0 Å². The maximum absolute atomic E-state index is 12.3. The molecule has 0 saturated carbocycles. The number of hydrogen-bond acceptors (Lipinski definition) is 7. The minimum absolute atomic E-state index is 0.0205. The van der Waals surface area contributed by atoms with Crippen LogP contribution in [-0.4, -0.2) is 71.8 Å². The van der Waals surface area contributed by atoms with Gasteiger partial charge in [-0.1, -0.05) is 13.8 Å². The van der Waals surface area contributed by atoms with Gasteiger partial charge in [-0.15, -0.1) is 5.06 Å². The number of carbonyl (C=O) groups is 5. The fourth-order valence-electron chi connectivity index (χ4n) is 3.43. The van der Waals surface area contributed by atoms with Crippen LogP contribution in [0.5, 0.6) is 0 Å². The van der Waals surface area contributed by atoms with Gasteiger partial charge in [0.25, 0.3) is 11.8 Å². The first-order valence-electron chi connectivity index (χ1n) is 10.1. The molecule has 2 fully saturated rings. The van der Waals surface area contributed by atoms with E-state index in [0.717, 1.165) is 25.9 Å². The van der Waals surface area contributed by atoms with E-state index in [2.05, 4.69) is 29.4 Å². The highest BCUT2D eigenvalue weighted by molar-refractivity contribution is 6.01. The molecule has 0 aromatic rings. The predicted octanol–water partition coefficient (Wildman–Crippen LogP) is -0.273. The highest BCUT2D eigenvalue weighted by atomic mass is 16.8. The van der Waals surface area contributed by atoms with Crippen LogP contribution in [0.2, 0.25) is 0 Å². The Kier molecular flexibility index (Phi) is 8.56. The van der Waals surface area contributed by atoms with Crippen molar-refractivity contribution in [3.05, 3.63) is 0 Å². The number of nitrogens with one attached hydrogen (secondary N) is 2. The lowest BCUT2D eigenvalue weighted by Crippen LogP contribution is -2.45. The van der Waals surface area contributed by atoms with Crippen molar-refractivity contribution >= 4 is 29.6 Å². The van der Waals surface area contributed by atoms with Gasteiger partial charge in [0.1, 0.15) is 0 Å². The largest absolute Gasteiger partial charge is 0.355 e. The molecule has 0 radical (unpaired) electrons. The molecule has 2 aliphatic heterocycles. The van der Waals surface area contributed by atoms with E-state index in [9.17, 15) is 24.0 Å². The van der Waals surface area contributed by atoms with Crippen LogP contribution >= 0.6 is 0 Å². The summed E-state index contributed by atoms with van der Waals surface area (Å²) in [7, 11) is 0. The van der Waals surface area contributed by atoms with Crippen LogP contribution in [0, 0.1) is 5.92 Å². The Morgan fingerprint density at radius 1 is 1.07 bits per heavy atom. The third-order valence-corrected chi connectivity index (χ3v) is 4.77. The van der Waals surface area contributed by atoms with Crippen LogP contribution in [0.3, 0.4) is 0 Å². The molecule has 0 bridgehead atoms. The fourth-order valence-corrected chi connectivity index (χ4v) is 3.43. The number of imide groups is 1. The molecule has 0 aromatic heterocycles. The van der Waals surface area contributed by atoms with E-state index in [4.69, 9.17) is 4.84 Å². The molecule has 2 rings (SSSR count). The Labute approximate surface area is 170 Å². The van der Waals surface area contributed by atoms with E-state index in [1.165, 1.54) is 0 Å². The molecule has 162 valence electrons.